The number of sulfonamides is 1. The third kappa shape index (κ3) is 5.94. The molecule has 1 atom stereocenters. The molecule has 0 bridgehead atoms. The van der Waals surface area contributed by atoms with E-state index in [1.807, 2.05) is 39.0 Å². The summed E-state index contributed by atoms with van der Waals surface area (Å²) in [5.41, 5.74) is 4.19. The number of ether oxygens (including phenoxy) is 2. The summed E-state index contributed by atoms with van der Waals surface area (Å²) < 4.78 is 37.0. The molecule has 0 aliphatic rings. The minimum absolute atomic E-state index is 0.252. The topological polar surface area (TPSA) is 84.9 Å². The van der Waals surface area contributed by atoms with Crippen molar-refractivity contribution in [3.63, 3.8) is 0 Å². The SMILES string of the molecule is COc1cc(C)c([C@@H](C)NC(=O)CN(c2cc(C)ccc2OC)S(C)(=O)=O)cc1C(C)C. The molecule has 2 aromatic rings. The summed E-state index contributed by atoms with van der Waals surface area (Å²) in [6.45, 7) is 9.51. The first-order valence-electron chi connectivity index (χ1n) is 10.5. The number of methoxy groups -OCH3 is 2. The number of rotatable bonds is 9. The zero-order chi connectivity index (χ0) is 24.2. The first-order valence-corrected chi connectivity index (χ1v) is 12.3. The highest BCUT2D eigenvalue weighted by Gasteiger charge is 2.25. The van der Waals surface area contributed by atoms with E-state index in [2.05, 4.69) is 19.2 Å². The summed E-state index contributed by atoms with van der Waals surface area (Å²) >= 11 is 0. The van der Waals surface area contributed by atoms with Gasteiger partial charge in [0, 0.05) is 0 Å². The Bertz CT molecular complexity index is 1080. The summed E-state index contributed by atoms with van der Waals surface area (Å²) in [6.07, 6.45) is 1.08. The smallest absolute Gasteiger partial charge is 0.241 e. The van der Waals surface area contributed by atoms with E-state index in [1.54, 1.807) is 19.2 Å². The first kappa shape index (κ1) is 25.5. The number of aryl methyl sites for hydroxylation is 2. The molecule has 0 aromatic heterocycles. The molecule has 0 fully saturated rings. The zero-order valence-corrected chi connectivity index (χ0v) is 21.0. The monoisotopic (exact) mass is 462 g/mol. The Kier molecular flexibility index (Phi) is 8.18. The van der Waals surface area contributed by atoms with Crippen LogP contribution < -0.4 is 19.1 Å². The third-order valence-electron chi connectivity index (χ3n) is 5.37. The predicted molar refractivity (Wildman–Crippen MR) is 128 cm³/mol. The molecule has 0 saturated heterocycles. The molecule has 0 saturated carbocycles. The molecule has 32 heavy (non-hydrogen) atoms. The van der Waals surface area contributed by atoms with Crippen molar-refractivity contribution in [1.82, 2.24) is 5.32 Å². The zero-order valence-electron chi connectivity index (χ0n) is 20.1. The van der Waals surface area contributed by atoms with Gasteiger partial charge in [0.25, 0.3) is 0 Å². The standard InChI is InChI=1S/C24H34N2O5S/c1-15(2)19-13-20(17(4)12-23(19)31-7)18(5)25-24(27)14-26(32(8,28)29)21-11-16(3)9-10-22(21)30-6/h9-13,15,18H,14H2,1-8H3,(H,25,27)/t18-/m1/s1. The molecule has 0 unspecified atom stereocenters. The number of hydrogen-bond donors (Lipinski definition) is 1. The van der Waals surface area contributed by atoms with Crippen LogP contribution in [0.1, 0.15) is 55.0 Å². The molecule has 0 spiro atoms. The van der Waals surface area contributed by atoms with Crippen molar-refractivity contribution in [3.05, 3.63) is 52.6 Å². The number of nitrogens with one attached hydrogen (secondary N) is 1. The summed E-state index contributed by atoms with van der Waals surface area (Å²) in [6, 6.07) is 8.90. The summed E-state index contributed by atoms with van der Waals surface area (Å²) in [7, 11) is -0.610. The number of carbonyl (C=O) groups excluding carboxylic acids is 1. The van der Waals surface area contributed by atoms with Gasteiger partial charge >= 0.3 is 0 Å². The number of amides is 1. The minimum atomic E-state index is -3.72. The molecule has 2 rings (SSSR count). The van der Waals surface area contributed by atoms with Crippen LogP contribution in [-0.2, 0) is 14.8 Å². The van der Waals surface area contributed by atoms with Crippen LogP contribution in [0.3, 0.4) is 0 Å². The van der Waals surface area contributed by atoms with Gasteiger partial charge < -0.3 is 14.8 Å². The molecule has 1 N–H and O–H groups in total. The van der Waals surface area contributed by atoms with E-state index in [9.17, 15) is 13.2 Å². The van der Waals surface area contributed by atoms with Gasteiger partial charge in [0.1, 0.15) is 18.0 Å². The molecule has 0 radical (unpaired) electrons. The van der Waals surface area contributed by atoms with Crippen molar-refractivity contribution >= 4 is 21.6 Å². The quantitative estimate of drug-likeness (QED) is 0.607. The Morgan fingerprint density at radius 1 is 1.00 bits per heavy atom. The Morgan fingerprint density at radius 2 is 1.62 bits per heavy atom. The van der Waals surface area contributed by atoms with E-state index in [0.29, 0.717) is 11.4 Å². The van der Waals surface area contributed by atoms with Gasteiger partial charge in [-0.1, -0.05) is 19.9 Å². The van der Waals surface area contributed by atoms with E-state index >= 15 is 0 Å². The van der Waals surface area contributed by atoms with Gasteiger partial charge in [0.2, 0.25) is 15.9 Å². The third-order valence-corrected chi connectivity index (χ3v) is 6.50. The van der Waals surface area contributed by atoms with Gasteiger partial charge in [-0.25, -0.2) is 8.42 Å². The van der Waals surface area contributed by atoms with Crippen LogP contribution in [0.5, 0.6) is 11.5 Å². The fourth-order valence-electron chi connectivity index (χ4n) is 3.68. The maximum absolute atomic E-state index is 12.9. The van der Waals surface area contributed by atoms with Crippen LogP contribution in [0, 0.1) is 13.8 Å². The van der Waals surface area contributed by atoms with E-state index in [1.165, 1.54) is 7.11 Å². The molecule has 0 aliphatic carbocycles. The van der Waals surface area contributed by atoms with Crippen molar-refractivity contribution < 1.29 is 22.7 Å². The molecule has 0 heterocycles. The number of benzene rings is 2. The van der Waals surface area contributed by atoms with Crippen LogP contribution >= 0.6 is 0 Å². The van der Waals surface area contributed by atoms with Crippen molar-refractivity contribution in [2.24, 2.45) is 0 Å². The molecule has 1 amide bonds. The van der Waals surface area contributed by atoms with E-state index in [-0.39, 0.29) is 18.5 Å². The largest absolute Gasteiger partial charge is 0.496 e. The van der Waals surface area contributed by atoms with Gasteiger partial charge in [-0.15, -0.1) is 0 Å². The predicted octanol–water partition coefficient (Wildman–Crippen LogP) is 4.09. The summed E-state index contributed by atoms with van der Waals surface area (Å²) in [5.74, 6) is 1.04. The fourth-order valence-corrected chi connectivity index (χ4v) is 4.53. The Balaban J connectivity index is 2.32. The lowest BCUT2D eigenvalue weighted by molar-refractivity contribution is -0.120. The Hall–Kier alpha value is -2.74. The lowest BCUT2D eigenvalue weighted by Crippen LogP contribution is -2.41. The second-order valence-corrected chi connectivity index (χ2v) is 10.2. The molecule has 2 aromatic carbocycles. The van der Waals surface area contributed by atoms with Gasteiger partial charge in [0.05, 0.1) is 32.2 Å². The van der Waals surface area contributed by atoms with Gasteiger partial charge in [-0.3, -0.25) is 9.10 Å². The van der Waals surface area contributed by atoms with Crippen molar-refractivity contribution in [2.45, 2.75) is 46.6 Å². The van der Waals surface area contributed by atoms with E-state index in [4.69, 9.17) is 9.47 Å². The van der Waals surface area contributed by atoms with Gasteiger partial charge in [-0.2, -0.15) is 0 Å². The molecule has 0 aliphatic heterocycles. The Labute approximate surface area is 191 Å². The minimum Gasteiger partial charge on any atom is -0.496 e. The van der Waals surface area contributed by atoms with Crippen LogP contribution in [0.2, 0.25) is 0 Å². The molecular weight excluding hydrogens is 428 g/mol. The normalized spacial score (nSPS) is 12.4. The maximum Gasteiger partial charge on any atom is 0.241 e. The van der Waals surface area contributed by atoms with E-state index < -0.39 is 15.9 Å². The summed E-state index contributed by atoms with van der Waals surface area (Å²) in [4.78, 5) is 12.9. The number of anilines is 1. The fraction of sp³-hybridized carbons (Fsp3) is 0.458. The average Bonchev–Trinajstić information content (AvgIpc) is 2.70. The van der Waals surface area contributed by atoms with Gasteiger partial charge in [0.15, 0.2) is 0 Å². The van der Waals surface area contributed by atoms with Crippen LogP contribution in [0.15, 0.2) is 30.3 Å². The maximum atomic E-state index is 12.9. The number of hydrogen-bond acceptors (Lipinski definition) is 5. The lowest BCUT2D eigenvalue weighted by Gasteiger charge is -2.26. The number of nitrogens with zero attached hydrogens (tertiary/aromatic N) is 1. The first-order chi connectivity index (χ1) is 14.9. The lowest BCUT2D eigenvalue weighted by atomic mass is 9.93. The van der Waals surface area contributed by atoms with Crippen LogP contribution in [-0.4, -0.2) is 41.3 Å². The van der Waals surface area contributed by atoms with Crippen molar-refractivity contribution in [3.8, 4) is 11.5 Å². The second-order valence-electron chi connectivity index (χ2n) is 8.34. The summed E-state index contributed by atoms with van der Waals surface area (Å²) in [5, 5.41) is 2.94. The van der Waals surface area contributed by atoms with Crippen molar-refractivity contribution in [2.75, 3.05) is 31.3 Å². The molecule has 7 nitrogen and oxygen atoms in total. The number of carbonyl (C=O) groups is 1. The highest BCUT2D eigenvalue weighted by atomic mass is 32.2. The highest BCUT2D eigenvalue weighted by Crippen LogP contribution is 2.33. The Morgan fingerprint density at radius 3 is 2.16 bits per heavy atom. The molecular formula is C24H34N2O5S. The van der Waals surface area contributed by atoms with Crippen molar-refractivity contribution in [1.29, 1.82) is 0 Å². The van der Waals surface area contributed by atoms with Crippen LogP contribution in [0.4, 0.5) is 5.69 Å². The molecule has 8 heteroatoms. The second kappa shape index (κ2) is 10.3. The molecule has 176 valence electrons. The van der Waals surface area contributed by atoms with Gasteiger partial charge in [-0.05, 0) is 73.2 Å². The van der Waals surface area contributed by atoms with E-state index in [0.717, 1.165) is 38.6 Å². The van der Waals surface area contributed by atoms with Crippen LogP contribution in [0.25, 0.3) is 0 Å². The highest BCUT2D eigenvalue weighted by molar-refractivity contribution is 7.92. The average molecular weight is 463 g/mol.